The van der Waals surface area contributed by atoms with E-state index in [4.69, 9.17) is 18.6 Å². The van der Waals surface area contributed by atoms with Crippen molar-refractivity contribution in [3.05, 3.63) is 29.8 Å². The molecule has 1 fully saturated rings. The molecule has 0 spiro atoms. The summed E-state index contributed by atoms with van der Waals surface area (Å²) in [6.45, 7) is 16.4. The van der Waals surface area contributed by atoms with Crippen LogP contribution < -0.4 is 4.74 Å². The molecule has 192 valence electrons. The van der Waals surface area contributed by atoms with Crippen molar-refractivity contribution in [3.8, 4) is 5.75 Å². The lowest BCUT2D eigenvalue weighted by molar-refractivity contribution is -0.146. The molecule has 0 aliphatic carbocycles. The standard InChI is InChI=1S/C25H41NO7Si/c1-24(2,3)32-23(29)26-14-19(22(27)28)21(17-11-10-12-18(13-17)31-16-30-7)20(15-26)33-34(8,9)25(4,5)6/h10-13,19-21H,14-16H2,1-9H3,(H,27,28)/t19-,20+,21+/m0/s1. The van der Waals surface area contributed by atoms with Gasteiger partial charge in [-0.2, -0.15) is 0 Å². The summed E-state index contributed by atoms with van der Waals surface area (Å²) in [6.07, 6.45) is -1.04. The van der Waals surface area contributed by atoms with E-state index in [0.717, 1.165) is 5.56 Å². The predicted octanol–water partition coefficient (Wildman–Crippen LogP) is 5.09. The SMILES string of the molecule is COCOc1cccc([C@@H]2[C@@H](C(=O)O)CN(C(=O)OC(C)(C)C)C[C@H]2O[Si](C)(C)C(C)(C)C)c1. The summed E-state index contributed by atoms with van der Waals surface area (Å²) in [5.41, 5.74) is 0.115. The van der Waals surface area contributed by atoms with Crippen LogP contribution in [0, 0.1) is 5.92 Å². The van der Waals surface area contributed by atoms with Crippen LogP contribution in [0.4, 0.5) is 4.79 Å². The van der Waals surface area contributed by atoms with Crippen molar-refractivity contribution in [1.82, 2.24) is 4.90 Å². The van der Waals surface area contributed by atoms with E-state index in [9.17, 15) is 14.7 Å². The van der Waals surface area contributed by atoms with E-state index in [0.29, 0.717) is 5.75 Å². The van der Waals surface area contributed by atoms with Gasteiger partial charge in [0, 0.05) is 26.1 Å². The van der Waals surface area contributed by atoms with Gasteiger partial charge in [-0.1, -0.05) is 32.9 Å². The first-order valence-electron chi connectivity index (χ1n) is 11.7. The number of carbonyl (C=O) groups excluding carboxylic acids is 1. The molecule has 9 heteroatoms. The van der Waals surface area contributed by atoms with Crippen molar-refractivity contribution in [3.63, 3.8) is 0 Å². The van der Waals surface area contributed by atoms with Crippen LogP contribution >= 0.6 is 0 Å². The lowest BCUT2D eigenvalue weighted by Crippen LogP contribution is -2.57. The van der Waals surface area contributed by atoms with E-state index in [-0.39, 0.29) is 24.9 Å². The minimum atomic E-state index is -2.30. The second kappa shape index (κ2) is 10.7. The van der Waals surface area contributed by atoms with Crippen molar-refractivity contribution in [2.75, 3.05) is 27.0 Å². The van der Waals surface area contributed by atoms with E-state index < -0.39 is 43.9 Å². The number of carbonyl (C=O) groups is 2. The van der Waals surface area contributed by atoms with Gasteiger partial charge in [0.2, 0.25) is 0 Å². The summed E-state index contributed by atoms with van der Waals surface area (Å²) >= 11 is 0. The van der Waals surface area contributed by atoms with Gasteiger partial charge in [-0.3, -0.25) is 4.79 Å². The average Bonchev–Trinajstić information content (AvgIpc) is 2.69. The lowest BCUT2D eigenvalue weighted by Gasteiger charge is -2.47. The normalized spacial score (nSPS) is 21.8. The van der Waals surface area contributed by atoms with Crippen LogP contribution in [-0.4, -0.2) is 69.1 Å². The fraction of sp³-hybridized carbons (Fsp3) is 0.680. The zero-order chi connectivity index (χ0) is 25.9. The third kappa shape index (κ3) is 7.20. The van der Waals surface area contributed by atoms with Crippen LogP contribution in [0.5, 0.6) is 5.75 Å². The summed E-state index contributed by atoms with van der Waals surface area (Å²) < 4.78 is 23.0. The Morgan fingerprint density at radius 1 is 1.12 bits per heavy atom. The molecule has 0 bridgehead atoms. The highest BCUT2D eigenvalue weighted by Gasteiger charge is 2.48. The molecule has 1 heterocycles. The Balaban J connectivity index is 2.51. The van der Waals surface area contributed by atoms with E-state index in [1.807, 2.05) is 18.2 Å². The number of hydrogen-bond acceptors (Lipinski definition) is 6. The maximum atomic E-state index is 12.9. The quantitative estimate of drug-likeness (QED) is 0.416. The van der Waals surface area contributed by atoms with Crippen LogP contribution in [-0.2, 0) is 18.7 Å². The van der Waals surface area contributed by atoms with Crippen molar-refractivity contribution in [2.45, 2.75) is 77.3 Å². The van der Waals surface area contributed by atoms with Gasteiger partial charge in [-0.05, 0) is 56.6 Å². The summed E-state index contributed by atoms with van der Waals surface area (Å²) in [4.78, 5) is 26.9. The van der Waals surface area contributed by atoms with E-state index >= 15 is 0 Å². The average molecular weight is 496 g/mol. The Hall–Kier alpha value is -2.10. The predicted molar refractivity (Wildman–Crippen MR) is 133 cm³/mol. The highest BCUT2D eigenvalue weighted by atomic mass is 28.4. The molecule has 1 saturated heterocycles. The summed E-state index contributed by atoms with van der Waals surface area (Å²) in [6, 6.07) is 7.37. The highest BCUT2D eigenvalue weighted by Crippen LogP contribution is 2.43. The zero-order valence-corrected chi connectivity index (χ0v) is 23.0. The zero-order valence-electron chi connectivity index (χ0n) is 22.0. The number of carboxylic acids is 1. The molecule has 0 radical (unpaired) electrons. The molecule has 2 rings (SSSR count). The third-order valence-electron chi connectivity index (χ3n) is 6.46. The second-order valence-corrected chi connectivity index (χ2v) is 16.2. The molecule has 1 amide bonds. The summed E-state index contributed by atoms with van der Waals surface area (Å²) in [5.74, 6) is -1.72. The molecule has 1 aromatic rings. The Kier molecular flexibility index (Phi) is 8.82. The van der Waals surface area contributed by atoms with Gasteiger partial charge in [-0.15, -0.1) is 0 Å². The molecular formula is C25H41NO7Si. The molecule has 0 unspecified atom stereocenters. The number of methoxy groups -OCH3 is 1. The van der Waals surface area contributed by atoms with E-state index in [1.165, 1.54) is 4.90 Å². The lowest BCUT2D eigenvalue weighted by atomic mass is 9.78. The molecule has 1 aliphatic heterocycles. The number of amides is 1. The Morgan fingerprint density at radius 3 is 2.29 bits per heavy atom. The number of piperidine rings is 1. The van der Waals surface area contributed by atoms with E-state index in [2.05, 4.69) is 33.9 Å². The molecule has 0 saturated carbocycles. The Labute approximate surface area is 204 Å². The van der Waals surface area contributed by atoms with Gasteiger partial charge in [0.1, 0.15) is 11.4 Å². The first-order chi connectivity index (χ1) is 15.6. The smallest absolute Gasteiger partial charge is 0.410 e. The molecule has 1 N–H and O–H groups in total. The fourth-order valence-electron chi connectivity index (χ4n) is 3.77. The Morgan fingerprint density at radius 2 is 1.76 bits per heavy atom. The number of hydrogen-bond donors (Lipinski definition) is 1. The Bertz CT molecular complexity index is 860. The highest BCUT2D eigenvalue weighted by molar-refractivity contribution is 6.74. The molecule has 1 aromatic carbocycles. The van der Waals surface area contributed by atoms with Crippen molar-refractivity contribution < 1.29 is 33.3 Å². The number of aliphatic carboxylic acids is 1. The molecule has 1 aliphatic rings. The van der Waals surface area contributed by atoms with Crippen molar-refractivity contribution in [2.24, 2.45) is 5.92 Å². The minimum absolute atomic E-state index is 0.0371. The van der Waals surface area contributed by atoms with Gasteiger partial charge < -0.3 is 28.6 Å². The maximum Gasteiger partial charge on any atom is 0.410 e. The van der Waals surface area contributed by atoms with Crippen molar-refractivity contribution in [1.29, 1.82) is 0 Å². The van der Waals surface area contributed by atoms with Gasteiger partial charge in [0.25, 0.3) is 0 Å². The second-order valence-electron chi connectivity index (χ2n) is 11.4. The molecule has 8 nitrogen and oxygen atoms in total. The largest absolute Gasteiger partial charge is 0.481 e. The van der Waals surface area contributed by atoms with Gasteiger partial charge in [-0.25, -0.2) is 4.79 Å². The van der Waals surface area contributed by atoms with Crippen molar-refractivity contribution >= 4 is 20.4 Å². The van der Waals surface area contributed by atoms with Crippen LogP contribution in [0.1, 0.15) is 53.0 Å². The van der Waals surface area contributed by atoms with Gasteiger partial charge in [0.15, 0.2) is 15.1 Å². The first kappa shape index (κ1) is 28.1. The van der Waals surface area contributed by atoms with Gasteiger partial charge in [0.05, 0.1) is 12.0 Å². The number of likely N-dealkylation sites (tertiary alicyclic amines) is 1. The molecule has 3 atom stereocenters. The van der Waals surface area contributed by atoms with Crippen LogP contribution in [0.2, 0.25) is 18.1 Å². The van der Waals surface area contributed by atoms with Crippen LogP contribution in [0.3, 0.4) is 0 Å². The third-order valence-corrected chi connectivity index (χ3v) is 11.0. The van der Waals surface area contributed by atoms with E-state index in [1.54, 1.807) is 33.9 Å². The molecule has 0 aromatic heterocycles. The number of rotatable bonds is 7. The number of carboxylic acid groups (broad SMARTS) is 1. The topological polar surface area (TPSA) is 94.5 Å². The molecular weight excluding hydrogens is 454 g/mol. The summed E-state index contributed by atoms with van der Waals surface area (Å²) in [7, 11) is -0.759. The van der Waals surface area contributed by atoms with Crippen LogP contribution in [0.15, 0.2) is 24.3 Å². The fourth-order valence-corrected chi connectivity index (χ4v) is 5.11. The van der Waals surface area contributed by atoms with Crippen LogP contribution in [0.25, 0.3) is 0 Å². The number of nitrogens with zero attached hydrogens (tertiary/aromatic N) is 1. The number of benzene rings is 1. The summed E-state index contributed by atoms with van der Waals surface area (Å²) in [5, 5.41) is 10.1. The van der Waals surface area contributed by atoms with Gasteiger partial charge >= 0.3 is 12.1 Å². The number of ether oxygens (including phenoxy) is 3. The monoisotopic (exact) mass is 495 g/mol. The molecule has 34 heavy (non-hydrogen) atoms. The maximum absolute atomic E-state index is 12.9. The minimum Gasteiger partial charge on any atom is -0.481 e. The first-order valence-corrected chi connectivity index (χ1v) is 14.6.